The van der Waals surface area contributed by atoms with Crippen LogP contribution in [0.5, 0.6) is 0 Å². The third-order valence-electron chi connectivity index (χ3n) is 2.90. The number of hydrogen-bond acceptors (Lipinski definition) is 2. The molecule has 4 heteroatoms. The topological polar surface area (TPSA) is 38.3 Å². The molecule has 1 N–H and O–H groups in total. The highest BCUT2D eigenvalue weighted by Gasteiger charge is 2.19. The maximum Gasteiger partial charge on any atom is 0.226 e. The first-order valence-corrected chi connectivity index (χ1v) is 6.62. The molecular formula is C13H16BrNO2. The molecular weight excluding hydrogens is 282 g/mol. The summed E-state index contributed by atoms with van der Waals surface area (Å²) in [5, 5.41) is 2.92. The molecule has 1 aliphatic heterocycles. The van der Waals surface area contributed by atoms with Crippen molar-refractivity contribution in [1.29, 1.82) is 0 Å². The number of rotatable bonds is 3. The predicted molar refractivity (Wildman–Crippen MR) is 71.1 cm³/mol. The van der Waals surface area contributed by atoms with Gasteiger partial charge in [-0.25, -0.2) is 0 Å². The monoisotopic (exact) mass is 297 g/mol. The van der Waals surface area contributed by atoms with E-state index in [0.29, 0.717) is 6.42 Å². The summed E-state index contributed by atoms with van der Waals surface area (Å²) in [6, 6.07) is 5.82. The van der Waals surface area contributed by atoms with Crippen LogP contribution in [0, 0.1) is 6.92 Å². The number of hydrogen-bond donors (Lipinski definition) is 1. The largest absolute Gasteiger partial charge is 0.378 e. The van der Waals surface area contributed by atoms with Gasteiger partial charge in [-0.2, -0.15) is 0 Å². The fraction of sp³-hybridized carbons (Fsp3) is 0.462. The fourth-order valence-electron chi connectivity index (χ4n) is 1.98. The Morgan fingerprint density at radius 1 is 1.59 bits per heavy atom. The molecule has 0 radical (unpaired) electrons. The minimum atomic E-state index is 0.0299. The van der Waals surface area contributed by atoms with Crippen molar-refractivity contribution >= 4 is 27.5 Å². The van der Waals surface area contributed by atoms with E-state index < -0.39 is 0 Å². The van der Waals surface area contributed by atoms with Crippen molar-refractivity contribution in [2.75, 3.05) is 11.9 Å². The molecule has 1 atom stereocenters. The Morgan fingerprint density at radius 2 is 2.41 bits per heavy atom. The lowest BCUT2D eigenvalue weighted by Crippen LogP contribution is -2.19. The molecule has 1 heterocycles. The molecule has 1 aliphatic rings. The van der Waals surface area contributed by atoms with Gasteiger partial charge in [0.2, 0.25) is 5.91 Å². The molecule has 1 aromatic carbocycles. The minimum absolute atomic E-state index is 0.0299. The van der Waals surface area contributed by atoms with Crippen LogP contribution in [0.3, 0.4) is 0 Å². The van der Waals surface area contributed by atoms with Gasteiger partial charge >= 0.3 is 0 Å². The molecule has 92 valence electrons. The van der Waals surface area contributed by atoms with Crippen molar-refractivity contribution in [2.45, 2.75) is 32.3 Å². The fourth-order valence-corrected chi connectivity index (χ4v) is 2.46. The van der Waals surface area contributed by atoms with E-state index in [4.69, 9.17) is 4.74 Å². The Kier molecular flexibility index (Phi) is 4.18. The summed E-state index contributed by atoms with van der Waals surface area (Å²) in [5.74, 6) is 0.0299. The number of nitrogens with one attached hydrogen (secondary N) is 1. The highest BCUT2D eigenvalue weighted by atomic mass is 79.9. The zero-order valence-corrected chi connectivity index (χ0v) is 11.4. The first kappa shape index (κ1) is 12.6. The van der Waals surface area contributed by atoms with Gasteiger partial charge in [-0.3, -0.25) is 4.79 Å². The Hall–Kier alpha value is -0.870. The average Bonchev–Trinajstić information content (AvgIpc) is 2.75. The predicted octanol–water partition coefficient (Wildman–Crippen LogP) is 3.27. The van der Waals surface area contributed by atoms with Crippen LogP contribution in [0.15, 0.2) is 22.7 Å². The summed E-state index contributed by atoms with van der Waals surface area (Å²) in [6.45, 7) is 2.77. The third-order valence-corrected chi connectivity index (χ3v) is 3.39. The summed E-state index contributed by atoms with van der Waals surface area (Å²) >= 11 is 3.40. The van der Waals surface area contributed by atoms with E-state index in [1.54, 1.807) is 0 Å². The van der Waals surface area contributed by atoms with E-state index in [0.717, 1.165) is 35.2 Å². The zero-order valence-electron chi connectivity index (χ0n) is 9.83. The second-order valence-corrected chi connectivity index (χ2v) is 5.26. The van der Waals surface area contributed by atoms with Crippen molar-refractivity contribution in [3.63, 3.8) is 0 Å². The van der Waals surface area contributed by atoms with E-state index in [2.05, 4.69) is 21.2 Å². The third kappa shape index (κ3) is 3.54. The first-order valence-electron chi connectivity index (χ1n) is 5.83. The second kappa shape index (κ2) is 5.65. The summed E-state index contributed by atoms with van der Waals surface area (Å²) in [5.41, 5.74) is 1.93. The maximum atomic E-state index is 11.8. The summed E-state index contributed by atoms with van der Waals surface area (Å²) < 4.78 is 6.46. The zero-order chi connectivity index (χ0) is 12.3. The second-order valence-electron chi connectivity index (χ2n) is 4.35. The number of ether oxygens (including phenoxy) is 1. The molecule has 3 nitrogen and oxygen atoms in total. The van der Waals surface area contributed by atoms with Crippen molar-refractivity contribution in [3.8, 4) is 0 Å². The lowest BCUT2D eigenvalue weighted by atomic mass is 10.1. The van der Waals surface area contributed by atoms with E-state index in [9.17, 15) is 4.79 Å². The van der Waals surface area contributed by atoms with Crippen LogP contribution in [0.25, 0.3) is 0 Å². The Morgan fingerprint density at radius 3 is 3.06 bits per heavy atom. The quantitative estimate of drug-likeness (QED) is 0.930. The summed E-state index contributed by atoms with van der Waals surface area (Å²) in [6.07, 6.45) is 2.61. The molecule has 1 saturated heterocycles. The van der Waals surface area contributed by atoms with E-state index >= 15 is 0 Å². The Balaban J connectivity index is 1.93. The van der Waals surface area contributed by atoms with Crippen LogP contribution in [0.4, 0.5) is 5.69 Å². The van der Waals surface area contributed by atoms with Crippen molar-refractivity contribution in [2.24, 2.45) is 0 Å². The first-order chi connectivity index (χ1) is 8.15. The molecule has 1 unspecified atom stereocenters. The van der Waals surface area contributed by atoms with Crippen LogP contribution < -0.4 is 5.32 Å². The van der Waals surface area contributed by atoms with Gasteiger partial charge in [0.1, 0.15) is 0 Å². The number of benzene rings is 1. The Labute approximate surface area is 110 Å². The van der Waals surface area contributed by atoms with Gasteiger partial charge in [0.05, 0.1) is 12.5 Å². The van der Waals surface area contributed by atoms with Gasteiger partial charge < -0.3 is 10.1 Å². The van der Waals surface area contributed by atoms with E-state index in [1.807, 2.05) is 25.1 Å². The van der Waals surface area contributed by atoms with Crippen LogP contribution in [0.1, 0.15) is 24.8 Å². The minimum Gasteiger partial charge on any atom is -0.378 e. The molecule has 2 rings (SSSR count). The molecule has 0 saturated carbocycles. The van der Waals surface area contributed by atoms with Crippen molar-refractivity contribution < 1.29 is 9.53 Å². The molecule has 17 heavy (non-hydrogen) atoms. The van der Waals surface area contributed by atoms with Crippen molar-refractivity contribution in [3.05, 3.63) is 28.2 Å². The number of amides is 1. The summed E-state index contributed by atoms with van der Waals surface area (Å²) in [7, 11) is 0. The highest BCUT2D eigenvalue weighted by Crippen LogP contribution is 2.21. The number of carbonyl (C=O) groups is 1. The lowest BCUT2D eigenvalue weighted by molar-refractivity contribution is -0.118. The molecule has 1 fully saturated rings. The molecule has 0 spiro atoms. The van der Waals surface area contributed by atoms with Gasteiger partial charge in [-0.1, -0.05) is 15.9 Å². The lowest BCUT2D eigenvalue weighted by Gasteiger charge is -2.11. The molecule has 1 aromatic rings. The number of aryl methyl sites for hydroxylation is 1. The number of anilines is 1. The van der Waals surface area contributed by atoms with Crippen LogP contribution in [-0.4, -0.2) is 18.6 Å². The van der Waals surface area contributed by atoms with E-state index in [1.165, 1.54) is 0 Å². The van der Waals surface area contributed by atoms with Gasteiger partial charge in [0, 0.05) is 16.8 Å². The number of halogens is 1. The van der Waals surface area contributed by atoms with Crippen LogP contribution in [-0.2, 0) is 9.53 Å². The molecule has 0 aromatic heterocycles. The standard InChI is InChI=1S/C13H16BrNO2/c1-9-7-10(14)4-5-12(9)15-13(16)8-11-3-2-6-17-11/h4-5,7,11H,2-3,6,8H2,1H3,(H,15,16). The van der Waals surface area contributed by atoms with Gasteiger partial charge in [-0.05, 0) is 43.5 Å². The van der Waals surface area contributed by atoms with E-state index in [-0.39, 0.29) is 12.0 Å². The summed E-state index contributed by atoms with van der Waals surface area (Å²) in [4.78, 5) is 11.8. The molecule has 1 amide bonds. The smallest absolute Gasteiger partial charge is 0.226 e. The average molecular weight is 298 g/mol. The highest BCUT2D eigenvalue weighted by molar-refractivity contribution is 9.10. The molecule has 0 aliphatic carbocycles. The maximum absolute atomic E-state index is 11.8. The van der Waals surface area contributed by atoms with Crippen molar-refractivity contribution in [1.82, 2.24) is 0 Å². The number of carbonyl (C=O) groups excluding carboxylic acids is 1. The Bertz CT molecular complexity index is 414. The van der Waals surface area contributed by atoms with Crippen LogP contribution in [0.2, 0.25) is 0 Å². The normalized spacial score (nSPS) is 19.3. The molecule has 0 bridgehead atoms. The van der Waals surface area contributed by atoms with Gasteiger partial charge in [0.25, 0.3) is 0 Å². The van der Waals surface area contributed by atoms with Gasteiger partial charge in [-0.15, -0.1) is 0 Å². The van der Waals surface area contributed by atoms with Gasteiger partial charge in [0.15, 0.2) is 0 Å². The van der Waals surface area contributed by atoms with Crippen LogP contribution >= 0.6 is 15.9 Å². The SMILES string of the molecule is Cc1cc(Br)ccc1NC(=O)CC1CCCO1.